The molecule has 0 amide bonds. The van der Waals surface area contributed by atoms with E-state index < -0.39 is 11.7 Å². The first kappa shape index (κ1) is 11.6. The van der Waals surface area contributed by atoms with Crippen molar-refractivity contribution in [1.82, 2.24) is 19.8 Å². The van der Waals surface area contributed by atoms with Gasteiger partial charge in [0.05, 0.1) is 11.3 Å². The molecule has 4 nitrogen and oxygen atoms in total. The van der Waals surface area contributed by atoms with Gasteiger partial charge >= 0.3 is 6.18 Å². The minimum Gasteiger partial charge on any atom is -0.200 e. The molecule has 19 heavy (non-hydrogen) atoms. The van der Waals surface area contributed by atoms with Gasteiger partial charge in [-0.3, -0.25) is 0 Å². The topological polar surface area (TPSA) is 43.1 Å². The van der Waals surface area contributed by atoms with Crippen LogP contribution in [0.4, 0.5) is 13.2 Å². The molecule has 0 fully saturated rings. The van der Waals surface area contributed by atoms with Crippen molar-refractivity contribution < 1.29 is 13.2 Å². The first-order chi connectivity index (χ1) is 9.04. The van der Waals surface area contributed by atoms with Crippen molar-refractivity contribution in [2.75, 3.05) is 0 Å². The molecular formula is C12H7F3N4. The third kappa shape index (κ3) is 2.14. The molecule has 0 unspecified atom stereocenters. The third-order valence-corrected chi connectivity index (χ3v) is 2.67. The van der Waals surface area contributed by atoms with Gasteiger partial charge in [-0.25, -0.2) is 0 Å². The molecule has 0 atom stereocenters. The largest absolute Gasteiger partial charge is 0.416 e. The molecule has 7 heteroatoms. The van der Waals surface area contributed by atoms with E-state index >= 15 is 0 Å². The van der Waals surface area contributed by atoms with Crippen molar-refractivity contribution in [3.63, 3.8) is 0 Å². The molecule has 2 aromatic heterocycles. The standard InChI is InChI=1S/C12H7F3N4/c13-12(14,15)9-3-1-8(2-4-9)10-5-6-11-17-16-7-19(11)18-10/h1-7H. The number of benzene rings is 1. The van der Waals surface area contributed by atoms with Crippen LogP contribution in [0.3, 0.4) is 0 Å². The summed E-state index contributed by atoms with van der Waals surface area (Å²) in [7, 11) is 0. The van der Waals surface area contributed by atoms with E-state index in [1.807, 2.05) is 0 Å². The average Bonchev–Trinajstić information content (AvgIpc) is 2.85. The van der Waals surface area contributed by atoms with Crippen LogP contribution in [-0.4, -0.2) is 19.8 Å². The van der Waals surface area contributed by atoms with Crippen LogP contribution in [0.25, 0.3) is 16.9 Å². The molecule has 0 aliphatic heterocycles. The SMILES string of the molecule is FC(F)(F)c1ccc(-c2ccc3nncn3n2)cc1. The molecule has 0 spiro atoms. The molecular weight excluding hydrogens is 257 g/mol. The maximum atomic E-state index is 12.5. The van der Waals surface area contributed by atoms with Crippen LogP contribution in [-0.2, 0) is 6.18 Å². The van der Waals surface area contributed by atoms with E-state index in [4.69, 9.17) is 0 Å². The van der Waals surface area contributed by atoms with Crippen molar-refractivity contribution in [2.45, 2.75) is 6.18 Å². The number of hydrogen-bond acceptors (Lipinski definition) is 3. The lowest BCUT2D eigenvalue weighted by atomic mass is 10.1. The number of halogens is 3. The molecule has 96 valence electrons. The third-order valence-electron chi connectivity index (χ3n) is 2.67. The Balaban J connectivity index is 2.01. The number of alkyl halides is 3. The minimum atomic E-state index is -4.33. The quantitative estimate of drug-likeness (QED) is 0.678. The second kappa shape index (κ2) is 4.04. The van der Waals surface area contributed by atoms with Crippen LogP contribution in [0, 0.1) is 0 Å². The molecule has 2 heterocycles. The Hall–Kier alpha value is -2.44. The monoisotopic (exact) mass is 264 g/mol. The van der Waals surface area contributed by atoms with E-state index in [0.29, 0.717) is 16.9 Å². The van der Waals surface area contributed by atoms with Crippen molar-refractivity contribution in [1.29, 1.82) is 0 Å². The Kier molecular flexibility index (Phi) is 2.48. The zero-order valence-electron chi connectivity index (χ0n) is 9.46. The van der Waals surface area contributed by atoms with Crippen molar-refractivity contribution in [2.24, 2.45) is 0 Å². The number of hydrogen-bond donors (Lipinski definition) is 0. The zero-order chi connectivity index (χ0) is 13.5. The van der Waals surface area contributed by atoms with Gasteiger partial charge in [-0.1, -0.05) is 12.1 Å². The van der Waals surface area contributed by atoms with E-state index in [-0.39, 0.29) is 0 Å². The lowest BCUT2D eigenvalue weighted by Gasteiger charge is -2.07. The summed E-state index contributed by atoms with van der Waals surface area (Å²) in [6.07, 6.45) is -2.90. The molecule has 0 bridgehead atoms. The average molecular weight is 264 g/mol. The molecule has 0 aliphatic rings. The highest BCUT2D eigenvalue weighted by Crippen LogP contribution is 2.30. The number of nitrogens with zero attached hydrogens (tertiary/aromatic N) is 4. The summed E-state index contributed by atoms with van der Waals surface area (Å²) >= 11 is 0. The van der Waals surface area contributed by atoms with Crippen molar-refractivity contribution in [3.8, 4) is 11.3 Å². The number of rotatable bonds is 1. The summed E-state index contributed by atoms with van der Waals surface area (Å²) in [5, 5.41) is 11.7. The summed E-state index contributed by atoms with van der Waals surface area (Å²) in [6, 6.07) is 8.24. The van der Waals surface area contributed by atoms with Crippen LogP contribution in [0.2, 0.25) is 0 Å². The maximum Gasteiger partial charge on any atom is 0.416 e. The van der Waals surface area contributed by atoms with Crippen LogP contribution in [0.5, 0.6) is 0 Å². The maximum absolute atomic E-state index is 12.5. The van der Waals surface area contributed by atoms with Gasteiger partial charge in [0, 0.05) is 5.56 Å². The molecule has 0 radical (unpaired) electrons. The highest BCUT2D eigenvalue weighted by Gasteiger charge is 2.29. The predicted molar refractivity (Wildman–Crippen MR) is 61.2 cm³/mol. The fourth-order valence-electron chi connectivity index (χ4n) is 1.71. The van der Waals surface area contributed by atoms with Gasteiger partial charge in [-0.15, -0.1) is 10.2 Å². The molecule has 0 aliphatic carbocycles. The van der Waals surface area contributed by atoms with Gasteiger partial charge in [0.2, 0.25) is 0 Å². The first-order valence-corrected chi connectivity index (χ1v) is 5.39. The van der Waals surface area contributed by atoms with E-state index in [1.54, 1.807) is 12.1 Å². The van der Waals surface area contributed by atoms with E-state index in [2.05, 4.69) is 15.3 Å². The lowest BCUT2D eigenvalue weighted by molar-refractivity contribution is -0.137. The molecule has 1 aromatic carbocycles. The van der Waals surface area contributed by atoms with Gasteiger partial charge in [0.25, 0.3) is 0 Å². The molecule has 0 N–H and O–H groups in total. The molecule has 3 aromatic rings. The van der Waals surface area contributed by atoms with Crippen LogP contribution in [0.1, 0.15) is 5.56 Å². The van der Waals surface area contributed by atoms with Gasteiger partial charge in [-0.2, -0.15) is 22.8 Å². The van der Waals surface area contributed by atoms with Crippen LogP contribution in [0.15, 0.2) is 42.7 Å². The second-order valence-electron chi connectivity index (χ2n) is 3.93. The highest BCUT2D eigenvalue weighted by atomic mass is 19.4. The highest BCUT2D eigenvalue weighted by molar-refractivity contribution is 5.60. The van der Waals surface area contributed by atoms with Gasteiger partial charge in [0.15, 0.2) is 5.65 Å². The Morgan fingerprint density at radius 3 is 2.37 bits per heavy atom. The molecule has 0 saturated carbocycles. The number of fused-ring (bicyclic) bond motifs is 1. The van der Waals surface area contributed by atoms with Gasteiger partial charge < -0.3 is 0 Å². The van der Waals surface area contributed by atoms with E-state index in [9.17, 15) is 13.2 Å². The van der Waals surface area contributed by atoms with E-state index in [1.165, 1.54) is 23.0 Å². The predicted octanol–water partition coefficient (Wildman–Crippen LogP) is 2.81. The fourth-order valence-corrected chi connectivity index (χ4v) is 1.71. The molecule has 3 rings (SSSR count). The minimum absolute atomic E-state index is 0.557. The number of aromatic nitrogens is 4. The van der Waals surface area contributed by atoms with Gasteiger partial charge in [0.1, 0.15) is 6.33 Å². The second-order valence-corrected chi connectivity index (χ2v) is 3.93. The summed E-state index contributed by atoms with van der Waals surface area (Å²) in [4.78, 5) is 0. The Bertz CT molecular complexity index is 716. The van der Waals surface area contributed by atoms with Crippen LogP contribution >= 0.6 is 0 Å². The summed E-state index contributed by atoms with van der Waals surface area (Å²) in [5.74, 6) is 0. The lowest BCUT2D eigenvalue weighted by Crippen LogP contribution is -2.04. The smallest absolute Gasteiger partial charge is 0.200 e. The summed E-state index contributed by atoms with van der Waals surface area (Å²) < 4.78 is 38.8. The Labute approximate surface area is 105 Å². The zero-order valence-corrected chi connectivity index (χ0v) is 9.46. The summed E-state index contributed by atoms with van der Waals surface area (Å²) in [5.41, 5.74) is 1.06. The van der Waals surface area contributed by atoms with E-state index in [0.717, 1.165) is 12.1 Å². The van der Waals surface area contributed by atoms with Crippen molar-refractivity contribution >= 4 is 5.65 Å². The van der Waals surface area contributed by atoms with Gasteiger partial charge in [-0.05, 0) is 24.3 Å². The molecule has 0 saturated heterocycles. The Morgan fingerprint density at radius 1 is 0.947 bits per heavy atom. The normalized spacial score (nSPS) is 11.9. The van der Waals surface area contributed by atoms with Crippen LogP contribution < -0.4 is 0 Å². The van der Waals surface area contributed by atoms with Crippen molar-refractivity contribution in [3.05, 3.63) is 48.3 Å². The first-order valence-electron chi connectivity index (χ1n) is 5.39. The fraction of sp³-hybridized carbons (Fsp3) is 0.0833. The summed E-state index contributed by atoms with van der Waals surface area (Å²) in [6.45, 7) is 0. The Morgan fingerprint density at radius 2 is 1.68 bits per heavy atom.